The van der Waals surface area contributed by atoms with Gasteiger partial charge in [0.1, 0.15) is 18.7 Å². The number of ether oxygens (including phenoxy) is 1. The van der Waals surface area contributed by atoms with Gasteiger partial charge in [0.15, 0.2) is 4.69 Å². The molecule has 156 valence electrons. The molecule has 2 atom stereocenters. The number of hydrogen-bond acceptors (Lipinski definition) is 5. The van der Waals surface area contributed by atoms with Crippen molar-refractivity contribution in [1.29, 1.82) is 0 Å². The number of rotatable bonds is 8. The van der Waals surface area contributed by atoms with Gasteiger partial charge in [-0.25, -0.2) is 4.79 Å². The molecule has 0 saturated heterocycles. The molecule has 28 heavy (non-hydrogen) atoms. The molecular formula is C19H27BrN2O6. The summed E-state index contributed by atoms with van der Waals surface area (Å²) < 4.78 is 5.08. The van der Waals surface area contributed by atoms with Gasteiger partial charge in [0.05, 0.1) is 0 Å². The lowest BCUT2D eigenvalue weighted by Gasteiger charge is -2.21. The minimum absolute atomic E-state index is 0.0208. The van der Waals surface area contributed by atoms with E-state index >= 15 is 0 Å². The first-order valence-electron chi connectivity index (χ1n) is 8.69. The molecule has 8 nitrogen and oxygen atoms in total. The molecule has 1 aromatic carbocycles. The number of carbonyl (C=O) groups excluding carboxylic acids is 3. The Bertz CT molecular complexity index is 647. The third-order valence-corrected chi connectivity index (χ3v) is 3.26. The number of amides is 2. The van der Waals surface area contributed by atoms with Crippen LogP contribution >= 0.6 is 15.9 Å². The fraction of sp³-hybridized carbons (Fsp3) is 0.474. The van der Waals surface area contributed by atoms with Gasteiger partial charge in [-0.1, -0.05) is 44.2 Å². The van der Waals surface area contributed by atoms with Crippen LogP contribution in [0.2, 0.25) is 0 Å². The highest BCUT2D eigenvalue weighted by molar-refractivity contribution is 9.18. The predicted octanol–water partition coefficient (Wildman–Crippen LogP) is 2.84. The number of alkyl carbamates (subject to hydrolysis) is 1. The Hall–Kier alpha value is -2.42. The summed E-state index contributed by atoms with van der Waals surface area (Å²) >= 11 is 2.63. The van der Waals surface area contributed by atoms with Crippen molar-refractivity contribution in [3.05, 3.63) is 35.9 Å². The maximum Gasteiger partial charge on any atom is 0.408 e. The molecule has 0 aliphatic rings. The van der Waals surface area contributed by atoms with Crippen molar-refractivity contribution < 1.29 is 29.0 Å². The van der Waals surface area contributed by atoms with Crippen LogP contribution in [0.4, 0.5) is 4.79 Å². The van der Waals surface area contributed by atoms with Gasteiger partial charge in [-0.3, -0.25) is 14.4 Å². The van der Waals surface area contributed by atoms with Gasteiger partial charge in [0.25, 0.3) is 0 Å². The summed E-state index contributed by atoms with van der Waals surface area (Å²) in [6.45, 7) is 6.70. The highest BCUT2D eigenvalue weighted by atomic mass is 79.9. The van der Waals surface area contributed by atoms with Gasteiger partial charge >= 0.3 is 12.1 Å². The lowest BCUT2D eigenvalue weighted by Crippen LogP contribution is -2.51. The van der Waals surface area contributed by atoms with Crippen LogP contribution < -0.4 is 10.6 Å². The Balaban J connectivity index is 0.00000165. The minimum Gasteiger partial charge on any atom is -0.480 e. The van der Waals surface area contributed by atoms with Gasteiger partial charge in [-0.15, -0.1) is 0 Å². The summed E-state index contributed by atoms with van der Waals surface area (Å²) in [5, 5.41) is 13.7. The third kappa shape index (κ3) is 12.9. The van der Waals surface area contributed by atoms with Crippen molar-refractivity contribution in [2.75, 3.05) is 0 Å². The van der Waals surface area contributed by atoms with E-state index in [4.69, 9.17) is 9.84 Å². The second kappa shape index (κ2) is 13.7. The summed E-state index contributed by atoms with van der Waals surface area (Å²) in [6, 6.07) is 7.28. The smallest absolute Gasteiger partial charge is 0.408 e. The number of carbonyl (C=O) groups is 4. The number of hydrogen-bond donors (Lipinski definition) is 3. The molecule has 9 heteroatoms. The number of carboxylic acids is 1. The summed E-state index contributed by atoms with van der Waals surface area (Å²) in [7, 11) is 0. The van der Waals surface area contributed by atoms with E-state index in [0.29, 0.717) is 6.42 Å². The van der Waals surface area contributed by atoms with Gasteiger partial charge in [0.2, 0.25) is 5.91 Å². The van der Waals surface area contributed by atoms with Crippen LogP contribution in [0, 0.1) is 5.92 Å². The molecule has 1 rings (SSSR count). The molecule has 0 aliphatic carbocycles. The molecule has 1 aromatic rings. The van der Waals surface area contributed by atoms with Crippen LogP contribution in [0.3, 0.4) is 0 Å². The fourth-order valence-electron chi connectivity index (χ4n) is 1.99. The molecule has 0 fully saturated rings. The first-order valence-corrected chi connectivity index (χ1v) is 9.48. The molecule has 0 aromatic heterocycles. The summed E-state index contributed by atoms with van der Waals surface area (Å²) in [6.07, 6.45) is -0.346. The quantitative estimate of drug-likeness (QED) is 0.514. The number of carboxylic acid groups (broad SMARTS) is 1. The van der Waals surface area contributed by atoms with E-state index in [1.165, 1.54) is 13.8 Å². The van der Waals surface area contributed by atoms with Crippen molar-refractivity contribution in [3.63, 3.8) is 0 Å². The van der Waals surface area contributed by atoms with Gasteiger partial charge in [-0.2, -0.15) is 0 Å². The molecule has 0 radical (unpaired) electrons. The maximum absolute atomic E-state index is 12.2. The van der Waals surface area contributed by atoms with Crippen LogP contribution in [-0.2, 0) is 25.7 Å². The fourth-order valence-corrected chi connectivity index (χ4v) is 1.99. The van der Waals surface area contributed by atoms with E-state index in [0.717, 1.165) is 5.56 Å². The number of halogens is 1. The molecule has 0 aliphatic heterocycles. The van der Waals surface area contributed by atoms with Crippen molar-refractivity contribution in [2.24, 2.45) is 5.92 Å². The van der Waals surface area contributed by atoms with Crippen LogP contribution in [0.1, 0.15) is 39.7 Å². The molecule has 0 saturated carbocycles. The Kier molecular flexibility index (Phi) is 12.5. The Morgan fingerprint density at radius 2 is 1.61 bits per heavy atom. The second-order valence-corrected chi connectivity index (χ2v) is 7.54. The maximum atomic E-state index is 12.2. The topological polar surface area (TPSA) is 122 Å². The van der Waals surface area contributed by atoms with E-state index in [1.54, 1.807) is 0 Å². The van der Waals surface area contributed by atoms with E-state index in [1.807, 2.05) is 44.2 Å². The summed E-state index contributed by atoms with van der Waals surface area (Å²) in [5.74, 6) is -1.55. The van der Waals surface area contributed by atoms with Crippen molar-refractivity contribution in [3.8, 4) is 0 Å². The molecule has 2 amide bonds. The van der Waals surface area contributed by atoms with Crippen LogP contribution in [-0.4, -0.2) is 39.9 Å². The SMILES string of the molecule is CC(=O)Br.CC(C)C[C@H](NC(=O)OCc1ccccc1)C(=O)N[C@@H](C)C(=O)O. The standard InChI is InChI=1S/C17H24N2O5.C2H3BrO/c1-11(2)9-14(15(20)18-12(3)16(21)22)19-17(23)24-10-13-7-5-4-6-8-13;1-2(3)4/h4-8,11-12,14H,9-10H2,1-3H3,(H,18,20)(H,19,23)(H,21,22);1H3/t12-,14-;/m0./s1. The molecule has 0 bridgehead atoms. The summed E-state index contributed by atoms with van der Waals surface area (Å²) in [4.78, 5) is 44.3. The molecule has 0 spiro atoms. The Morgan fingerprint density at radius 1 is 1.07 bits per heavy atom. The van der Waals surface area contributed by atoms with Crippen molar-refractivity contribution in [1.82, 2.24) is 10.6 Å². The zero-order valence-electron chi connectivity index (χ0n) is 16.4. The highest BCUT2D eigenvalue weighted by Crippen LogP contribution is 2.07. The second-order valence-electron chi connectivity index (χ2n) is 6.43. The molecular weight excluding hydrogens is 432 g/mol. The number of aliphatic carboxylic acids is 1. The number of benzene rings is 1. The first kappa shape index (κ1) is 25.6. The lowest BCUT2D eigenvalue weighted by atomic mass is 10.0. The Morgan fingerprint density at radius 3 is 2.07 bits per heavy atom. The largest absolute Gasteiger partial charge is 0.480 e. The van der Waals surface area contributed by atoms with Crippen molar-refractivity contribution >= 4 is 38.6 Å². The minimum atomic E-state index is -1.14. The first-order chi connectivity index (χ1) is 13.0. The van der Waals surface area contributed by atoms with Crippen LogP contribution in [0.15, 0.2) is 30.3 Å². The van der Waals surface area contributed by atoms with Crippen LogP contribution in [0.25, 0.3) is 0 Å². The van der Waals surface area contributed by atoms with E-state index in [9.17, 15) is 19.2 Å². The zero-order valence-corrected chi connectivity index (χ0v) is 18.0. The average molecular weight is 459 g/mol. The van der Waals surface area contributed by atoms with Crippen molar-refractivity contribution in [2.45, 2.75) is 52.8 Å². The van der Waals surface area contributed by atoms with Crippen LogP contribution in [0.5, 0.6) is 0 Å². The average Bonchev–Trinajstić information content (AvgIpc) is 2.59. The Labute approximate surface area is 173 Å². The molecule has 0 heterocycles. The van der Waals surface area contributed by atoms with Gasteiger partial charge in [0, 0.05) is 6.92 Å². The lowest BCUT2D eigenvalue weighted by molar-refractivity contribution is -0.141. The molecule has 0 unspecified atom stereocenters. The normalized spacial score (nSPS) is 12.1. The third-order valence-electron chi connectivity index (χ3n) is 3.26. The molecule has 3 N–H and O–H groups in total. The van der Waals surface area contributed by atoms with E-state index in [2.05, 4.69) is 26.6 Å². The van der Waals surface area contributed by atoms with E-state index < -0.39 is 30.1 Å². The van der Waals surface area contributed by atoms with Gasteiger partial charge in [-0.05, 0) is 40.8 Å². The highest BCUT2D eigenvalue weighted by Gasteiger charge is 2.25. The van der Waals surface area contributed by atoms with Gasteiger partial charge < -0.3 is 20.5 Å². The summed E-state index contributed by atoms with van der Waals surface area (Å²) in [5.41, 5.74) is 0.831. The monoisotopic (exact) mass is 458 g/mol. The van der Waals surface area contributed by atoms with E-state index in [-0.39, 0.29) is 17.2 Å². The predicted molar refractivity (Wildman–Crippen MR) is 108 cm³/mol. The zero-order chi connectivity index (χ0) is 21.7. The number of nitrogens with one attached hydrogen (secondary N) is 2.